The molecule has 0 spiro atoms. The molecule has 31 heavy (non-hydrogen) atoms. The van der Waals surface area contributed by atoms with Gasteiger partial charge >= 0.3 is 0 Å². The van der Waals surface area contributed by atoms with Gasteiger partial charge in [0.25, 0.3) is 5.91 Å². The number of amidine groups is 1. The molecule has 0 saturated carbocycles. The number of β-amino-alcohol motifs (C(OH)–C–C–N with tert-alkyl or cyclic N) is 1. The first-order valence-electron chi connectivity index (χ1n) is 9.61. The van der Waals surface area contributed by atoms with Crippen LogP contribution in [0.2, 0.25) is 0 Å². The summed E-state index contributed by atoms with van der Waals surface area (Å²) in [4.78, 5) is 19.4. The Morgan fingerprint density at radius 3 is 3.00 bits per heavy atom. The fraction of sp³-hybridized carbons (Fsp3) is 0.286. The summed E-state index contributed by atoms with van der Waals surface area (Å²) in [6.45, 7) is 0.880. The monoisotopic (exact) mass is 474 g/mol. The van der Waals surface area contributed by atoms with Crippen LogP contribution in [0.1, 0.15) is 11.3 Å². The third kappa shape index (κ3) is 4.93. The van der Waals surface area contributed by atoms with E-state index in [0.29, 0.717) is 25.3 Å². The second-order valence-electron chi connectivity index (χ2n) is 7.07. The molecule has 162 valence electrons. The standard InChI is InChI=1S/C21H22N4O3S3/c1-29-21-15(8-17(31-21)19(22)23)20-24-16(11-30-20)12-3-2-4-14(7-12)28-10-18(27)25-6-5-13(26)9-25/h2-4,7-8,11,13,26H,5-6,9-10H2,1H3,(H3,22,23). The average molecular weight is 475 g/mol. The smallest absolute Gasteiger partial charge is 0.260 e. The van der Waals surface area contributed by atoms with E-state index in [9.17, 15) is 9.90 Å². The molecule has 2 aromatic heterocycles. The lowest BCUT2D eigenvalue weighted by Crippen LogP contribution is -2.33. The summed E-state index contributed by atoms with van der Waals surface area (Å²) in [6.07, 6.45) is 2.18. The summed E-state index contributed by atoms with van der Waals surface area (Å²) in [6, 6.07) is 9.43. The number of thioether (sulfide) groups is 1. The van der Waals surface area contributed by atoms with Crippen LogP contribution in [0.4, 0.5) is 0 Å². The van der Waals surface area contributed by atoms with Crippen molar-refractivity contribution in [1.29, 1.82) is 5.41 Å². The lowest BCUT2D eigenvalue weighted by atomic mass is 10.1. The van der Waals surface area contributed by atoms with E-state index < -0.39 is 6.10 Å². The van der Waals surface area contributed by atoms with Gasteiger partial charge in [-0.05, 0) is 30.9 Å². The predicted molar refractivity (Wildman–Crippen MR) is 126 cm³/mol. The zero-order chi connectivity index (χ0) is 22.0. The minimum atomic E-state index is -0.437. The van der Waals surface area contributed by atoms with Crippen molar-refractivity contribution in [3.8, 4) is 27.6 Å². The lowest BCUT2D eigenvalue weighted by Gasteiger charge is -2.16. The van der Waals surface area contributed by atoms with Crippen LogP contribution < -0.4 is 10.5 Å². The molecule has 7 nitrogen and oxygen atoms in total. The van der Waals surface area contributed by atoms with Crippen LogP contribution in [-0.2, 0) is 4.79 Å². The summed E-state index contributed by atoms with van der Waals surface area (Å²) < 4.78 is 6.78. The van der Waals surface area contributed by atoms with Crippen molar-refractivity contribution in [2.75, 3.05) is 26.0 Å². The molecule has 3 aromatic rings. The van der Waals surface area contributed by atoms with Gasteiger partial charge in [0.1, 0.15) is 16.6 Å². The maximum atomic E-state index is 12.2. The number of rotatable bonds is 7. The minimum absolute atomic E-state index is 0.0572. The maximum Gasteiger partial charge on any atom is 0.260 e. The zero-order valence-electron chi connectivity index (χ0n) is 16.8. The van der Waals surface area contributed by atoms with Gasteiger partial charge in [-0.1, -0.05) is 12.1 Å². The molecule has 1 fully saturated rings. The number of nitrogen functional groups attached to an aromatic ring is 1. The summed E-state index contributed by atoms with van der Waals surface area (Å²) in [5, 5.41) is 20.1. The highest BCUT2D eigenvalue weighted by molar-refractivity contribution is 8.00. The Morgan fingerprint density at radius 1 is 1.45 bits per heavy atom. The second-order valence-corrected chi connectivity index (χ2v) is 10.1. The third-order valence-electron chi connectivity index (χ3n) is 4.89. The van der Waals surface area contributed by atoms with E-state index in [1.807, 2.05) is 42.0 Å². The Morgan fingerprint density at radius 2 is 2.29 bits per heavy atom. The fourth-order valence-corrected chi connectivity index (χ4v) is 6.00. The highest BCUT2D eigenvalue weighted by Crippen LogP contribution is 2.40. The van der Waals surface area contributed by atoms with Crippen molar-refractivity contribution in [2.45, 2.75) is 16.7 Å². The van der Waals surface area contributed by atoms with Gasteiger partial charge in [0, 0.05) is 29.6 Å². The number of nitrogens with zero attached hydrogens (tertiary/aromatic N) is 2. The molecule has 1 unspecified atom stereocenters. The number of nitrogens with one attached hydrogen (secondary N) is 1. The molecule has 4 N–H and O–H groups in total. The largest absolute Gasteiger partial charge is 0.484 e. The normalized spacial score (nSPS) is 15.9. The summed E-state index contributed by atoms with van der Waals surface area (Å²) in [5.74, 6) is 0.534. The third-order valence-corrected chi connectivity index (χ3v) is 8.07. The van der Waals surface area contributed by atoms with E-state index in [1.54, 1.807) is 16.7 Å². The van der Waals surface area contributed by atoms with Crippen molar-refractivity contribution in [3.63, 3.8) is 0 Å². The number of thiazole rings is 1. The van der Waals surface area contributed by atoms with Crippen LogP contribution in [0.5, 0.6) is 5.75 Å². The Balaban J connectivity index is 1.48. The number of likely N-dealkylation sites (tertiary alicyclic amines) is 1. The van der Waals surface area contributed by atoms with Gasteiger partial charge in [-0.25, -0.2) is 4.98 Å². The van der Waals surface area contributed by atoms with Crippen LogP contribution in [0.25, 0.3) is 21.8 Å². The van der Waals surface area contributed by atoms with Crippen LogP contribution in [0.3, 0.4) is 0 Å². The van der Waals surface area contributed by atoms with E-state index in [2.05, 4.69) is 0 Å². The predicted octanol–water partition coefficient (Wildman–Crippen LogP) is 3.52. The number of thiophene rings is 1. The lowest BCUT2D eigenvalue weighted by molar-refractivity contribution is -0.132. The number of aromatic nitrogens is 1. The quantitative estimate of drug-likeness (QED) is 0.274. The Bertz CT molecular complexity index is 1110. The molecular weight excluding hydrogens is 452 g/mol. The van der Waals surface area contributed by atoms with Crippen molar-refractivity contribution < 1.29 is 14.6 Å². The minimum Gasteiger partial charge on any atom is -0.484 e. The molecule has 1 atom stereocenters. The van der Waals surface area contributed by atoms with Gasteiger partial charge in [-0.3, -0.25) is 10.2 Å². The summed E-state index contributed by atoms with van der Waals surface area (Å²) >= 11 is 4.65. The molecule has 1 amide bonds. The van der Waals surface area contributed by atoms with Crippen molar-refractivity contribution in [2.24, 2.45) is 5.73 Å². The van der Waals surface area contributed by atoms with E-state index in [1.165, 1.54) is 22.7 Å². The SMILES string of the molecule is CSc1sc(C(=N)N)cc1-c1nc(-c2cccc(OCC(=O)N3CCC(O)C3)c2)cs1. The topological polar surface area (TPSA) is 113 Å². The molecule has 0 bridgehead atoms. The maximum absolute atomic E-state index is 12.2. The number of hydrogen-bond donors (Lipinski definition) is 3. The van der Waals surface area contributed by atoms with Gasteiger partial charge in [-0.2, -0.15) is 0 Å². The number of aliphatic hydroxyl groups excluding tert-OH is 1. The summed E-state index contributed by atoms with van der Waals surface area (Å²) in [7, 11) is 0. The van der Waals surface area contributed by atoms with Crippen LogP contribution in [-0.4, -0.2) is 58.8 Å². The first-order chi connectivity index (χ1) is 14.9. The van der Waals surface area contributed by atoms with Crippen molar-refractivity contribution in [3.05, 3.63) is 40.6 Å². The van der Waals surface area contributed by atoms with Gasteiger partial charge in [0.05, 0.1) is 20.9 Å². The van der Waals surface area contributed by atoms with Crippen molar-refractivity contribution in [1.82, 2.24) is 9.88 Å². The van der Waals surface area contributed by atoms with Gasteiger partial charge < -0.3 is 20.5 Å². The molecule has 0 radical (unpaired) electrons. The van der Waals surface area contributed by atoms with E-state index in [-0.39, 0.29) is 18.3 Å². The average Bonchev–Trinajstić information content (AvgIpc) is 3.50. The highest BCUT2D eigenvalue weighted by Gasteiger charge is 2.24. The number of ether oxygens (including phenoxy) is 1. The molecular formula is C21H22N4O3S3. The molecule has 1 aromatic carbocycles. The number of hydrogen-bond acceptors (Lipinski definition) is 8. The van der Waals surface area contributed by atoms with Crippen LogP contribution in [0.15, 0.2) is 39.9 Å². The molecule has 4 rings (SSSR count). The number of amides is 1. The summed E-state index contributed by atoms with van der Waals surface area (Å²) in [5.41, 5.74) is 8.36. The molecule has 10 heteroatoms. The number of nitrogens with two attached hydrogens (primary N) is 1. The number of carbonyl (C=O) groups is 1. The molecule has 1 aliphatic rings. The van der Waals surface area contributed by atoms with E-state index in [0.717, 1.165) is 30.9 Å². The first-order valence-corrected chi connectivity index (χ1v) is 12.5. The molecule has 0 aliphatic carbocycles. The van der Waals surface area contributed by atoms with Gasteiger partial charge in [0.2, 0.25) is 0 Å². The van der Waals surface area contributed by atoms with Gasteiger partial charge in [0.15, 0.2) is 6.61 Å². The molecule has 1 aliphatic heterocycles. The Hall–Kier alpha value is -2.40. The highest BCUT2D eigenvalue weighted by atomic mass is 32.2. The second kappa shape index (κ2) is 9.39. The van der Waals surface area contributed by atoms with Crippen LogP contribution in [0, 0.1) is 5.41 Å². The molecule has 3 heterocycles. The molecule has 1 saturated heterocycles. The number of carbonyl (C=O) groups excluding carboxylic acids is 1. The van der Waals surface area contributed by atoms with Crippen molar-refractivity contribution >= 4 is 46.2 Å². The Kier molecular flexibility index (Phi) is 6.61. The number of aliphatic hydroxyl groups is 1. The fourth-order valence-electron chi connectivity index (χ4n) is 3.29. The Labute approximate surface area is 192 Å². The van der Waals surface area contributed by atoms with Crippen LogP contribution >= 0.6 is 34.4 Å². The van der Waals surface area contributed by atoms with E-state index >= 15 is 0 Å². The first kappa shape index (κ1) is 21.8. The number of benzene rings is 1. The zero-order valence-corrected chi connectivity index (χ0v) is 19.3. The van der Waals surface area contributed by atoms with E-state index in [4.69, 9.17) is 20.9 Å². The van der Waals surface area contributed by atoms with Gasteiger partial charge in [-0.15, -0.1) is 34.4 Å².